The zero-order valence-electron chi connectivity index (χ0n) is 10.9. The molecule has 1 rings (SSSR count). The molecule has 0 bridgehead atoms. The molecule has 4 heteroatoms. The summed E-state index contributed by atoms with van der Waals surface area (Å²) in [7, 11) is 3.70. The number of hydrogen-bond donors (Lipinski definition) is 1. The van der Waals surface area contributed by atoms with Gasteiger partial charge in [0.1, 0.15) is 0 Å². The van der Waals surface area contributed by atoms with Gasteiger partial charge in [0, 0.05) is 25.9 Å². The Morgan fingerprint density at radius 1 is 1.56 bits per heavy atom. The van der Waals surface area contributed by atoms with Crippen LogP contribution in [0, 0.1) is 0 Å². The Hall–Kier alpha value is -0.870. The molecule has 92 valence electrons. The van der Waals surface area contributed by atoms with Crippen LogP contribution in [0.1, 0.15) is 38.8 Å². The van der Waals surface area contributed by atoms with Gasteiger partial charge in [-0.3, -0.25) is 4.68 Å². The summed E-state index contributed by atoms with van der Waals surface area (Å²) in [5, 5.41) is 7.70. The summed E-state index contributed by atoms with van der Waals surface area (Å²) in [5.41, 5.74) is 0.981. The minimum Gasteiger partial charge on any atom is -0.377 e. The van der Waals surface area contributed by atoms with Crippen molar-refractivity contribution in [1.29, 1.82) is 0 Å². The van der Waals surface area contributed by atoms with Crippen LogP contribution in [0.15, 0.2) is 12.4 Å². The SMILES string of the molecule is CCNC(c1cnn(C)c1)C(C)(CC)OC. The highest BCUT2D eigenvalue weighted by Gasteiger charge is 2.33. The first kappa shape index (κ1) is 13.2. The van der Waals surface area contributed by atoms with Crippen LogP contribution >= 0.6 is 0 Å². The molecule has 0 saturated carbocycles. The summed E-state index contributed by atoms with van der Waals surface area (Å²) in [6, 6.07) is 0.182. The second-order valence-corrected chi connectivity index (χ2v) is 4.31. The number of methoxy groups -OCH3 is 1. The van der Waals surface area contributed by atoms with Crippen LogP contribution < -0.4 is 5.32 Å². The van der Waals surface area contributed by atoms with Gasteiger partial charge in [0.15, 0.2) is 0 Å². The van der Waals surface area contributed by atoms with Crippen molar-refractivity contribution in [3.63, 3.8) is 0 Å². The predicted molar refractivity (Wildman–Crippen MR) is 65.3 cm³/mol. The van der Waals surface area contributed by atoms with Crippen molar-refractivity contribution in [2.75, 3.05) is 13.7 Å². The molecular formula is C12H23N3O. The van der Waals surface area contributed by atoms with Gasteiger partial charge in [0.2, 0.25) is 0 Å². The van der Waals surface area contributed by atoms with Crippen molar-refractivity contribution in [2.24, 2.45) is 7.05 Å². The fourth-order valence-corrected chi connectivity index (χ4v) is 1.95. The van der Waals surface area contributed by atoms with E-state index < -0.39 is 0 Å². The van der Waals surface area contributed by atoms with Crippen molar-refractivity contribution in [1.82, 2.24) is 15.1 Å². The lowest BCUT2D eigenvalue weighted by molar-refractivity contribution is -0.0296. The highest BCUT2D eigenvalue weighted by Crippen LogP contribution is 2.31. The van der Waals surface area contributed by atoms with Gasteiger partial charge in [0.25, 0.3) is 0 Å². The van der Waals surface area contributed by atoms with Gasteiger partial charge in [-0.2, -0.15) is 5.10 Å². The molecule has 2 unspecified atom stereocenters. The molecule has 1 N–H and O–H groups in total. The summed E-state index contributed by atoms with van der Waals surface area (Å²) in [4.78, 5) is 0. The highest BCUT2D eigenvalue weighted by molar-refractivity contribution is 5.15. The van der Waals surface area contributed by atoms with Gasteiger partial charge in [-0.15, -0.1) is 0 Å². The van der Waals surface area contributed by atoms with E-state index in [0.29, 0.717) is 0 Å². The number of nitrogens with zero attached hydrogens (tertiary/aromatic N) is 2. The van der Waals surface area contributed by atoms with Crippen LogP contribution in [0.3, 0.4) is 0 Å². The van der Waals surface area contributed by atoms with Crippen LogP contribution in [-0.2, 0) is 11.8 Å². The minimum absolute atomic E-state index is 0.182. The largest absolute Gasteiger partial charge is 0.377 e. The molecule has 0 amide bonds. The Kier molecular flexibility index (Phi) is 4.50. The first-order valence-electron chi connectivity index (χ1n) is 5.84. The van der Waals surface area contributed by atoms with Crippen LogP contribution in [0.4, 0.5) is 0 Å². The second-order valence-electron chi connectivity index (χ2n) is 4.31. The van der Waals surface area contributed by atoms with E-state index in [9.17, 15) is 0 Å². The number of likely N-dealkylation sites (N-methyl/N-ethyl adjacent to an activating group) is 1. The standard InChI is InChI=1S/C12H23N3O/c1-6-12(3,16-5)11(13-7-2)10-8-14-15(4)9-10/h8-9,11,13H,6-7H2,1-5H3. The summed E-state index contributed by atoms with van der Waals surface area (Å²) < 4.78 is 7.49. The van der Waals surface area contributed by atoms with E-state index in [2.05, 4.69) is 31.2 Å². The number of ether oxygens (including phenoxy) is 1. The topological polar surface area (TPSA) is 39.1 Å². The normalized spacial score (nSPS) is 17.1. The third kappa shape index (κ3) is 2.62. The maximum absolute atomic E-state index is 5.67. The number of nitrogens with one attached hydrogen (secondary N) is 1. The zero-order chi connectivity index (χ0) is 12.2. The van der Waals surface area contributed by atoms with E-state index in [4.69, 9.17) is 4.74 Å². The van der Waals surface area contributed by atoms with Gasteiger partial charge in [-0.25, -0.2) is 0 Å². The molecule has 1 heterocycles. The Balaban J connectivity index is 2.98. The Labute approximate surface area is 98.0 Å². The number of hydrogen-bond acceptors (Lipinski definition) is 3. The van der Waals surface area contributed by atoms with Crippen molar-refractivity contribution in [3.05, 3.63) is 18.0 Å². The lowest BCUT2D eigenvalue weighted by atomic mass is 9.89. The Morgan fingerprint density at radius 3 is 2.62 bits per heavy atom. The molecule has 4 nitrogen and oxygen atoms in total. The second kappa shape index (κ2) is 5.46. The fourth-order valence-electron chi connectivity index (χ4n) is 1.95. The molecule has 0 radical (unpaired) electrons. The maximum atomic E-state index is 5.67. The van der Waals surface area contributed by atoms with E-state index in [1.165, 1.54) is 5.56 Å². The monoisotopic (exact) mass is 225 g/mol. The van der Waals surface area contributed by atoms with Gasteiger partial charge >= 0.3 is 0 Å². The molecule has 1 aromatic heterocycles. The number of aryl methyl sites for hydroxylation is 1. The predicted octanol–water partition coefficient (Wildman–Crippen LogP) is 1.89. The zero-order valence-corrected chi connectivity index (χ0v) is 10.9. The summed E-state index contributed by atoms with van der Waals surface area (Å²) >= 11 is 0. The fraction of sp³-hybridized carbons (Fsp3) is 0.750. The summed E-state index contributed by atoms with van der Waals surface area (Å²) in [5.74, 6) is 0. The number of rotatable bonds is 6. The maximum Gasteiger partial charge on any atom is 0.0843 e. The molecule has 0 aliphatic heterocycles. The van der Waals surface area contributed by atoms with Crippen molar-refractivity contribution < 1.29 is 4.74 Å². The van der Waals surface area contributed by atoms with Gasteiger partial charge in [0.05, 0.1) is 17.8 Å². The lowest BCUT2D eigenvalue weighted by Gasteiger charge is -2.35. The van der Waals surface area contributed by atoms with E-state index in [-0.39, 0.29) is 11.6 Å². The van der Waals surface area contributed by atoms with Gasteiger partial charge in [-0.1, -0.05) is 13.8 Å². The van der Waals surface area contributed by atoms with Crippen molar-refractivity contribution in [2.45, 2.75) is 38.8 Å². The average molecular weight is 225 g/mol. The van der Waals surface area contributed by atoms with Gasteiger partial charge < -0.3 is 10.1 Å². The first-order valence-corrected chi connectivity index (χ1v) is 5.84. The Morgan fingerprint density at radius 2 is 2.25 bits per heavy atom. The van der Waals surface area contributed by atoms with Crippen LogP contribution in [0.2, 0.25) is 0 Å². The molecule has 0 fully saturated rings. The van der Waals surface area contributed by atoms with E-state index in [1.54, 1.807) is 7.11 Å². The average Bonchev–Trinajstić information content (AvgIpc) is 2.71. The number of aromatic nitrogens is 2. The molecular weight excluding hydrogens is 202 g/mol. The molecule has 0 saturated heterocycles. The van der Waals surface area contributed by atoms with Crippen LogP contribution in [-0.4, -0.2) is 29.0 Å². The van der Waals surface area contributed by atoms with Crippen LogP contribution in [0.5, 0.6) is 0 Å². The van der Waals surface area contributed by atoms with E-state index in [0.717, 1.165) is 13.0 Å². The third-order valence-electron chi connectivity index (χ3n) is 3.25. The summed E-state index contributed by atoms with van der Waals surface area (Å²) in [6.45, 7) is 7.30. The molecule has 2 atom stereocenters. The molecule has 1 aromatic rings. The first-order chi connectivity index (χ1) is 7.57. The van der Waals surface area contributed by atoms with E-state index >= 15 is 0 Å². The molecule has 0 aliphatic carbocycles. The van der Waals surface area contributed by atoms with Crippen molar-refractivity contribution in [3.8, 4) is 0 Å². The molecule has 16 heavy (non-hydrogen) atoms. The molecule has 0 aromatic carbocycles. The lowest BCUT2D eigenvalue weighted by Crippen LogP contribution is -2.42. The Bertz CT molecular complexity index is 318. The molecule has 0 spiro atoms. The molecule has 0 aliphatic rings. The third-order valence-corrected chi connectivity index (χ3v) is 3.25. The van der Waals surface area contributed by atoms with Crippen molar-refractivity contribution >= 4 is 0 Å². The highest BCUT2D eigenvalue weighted by atomic mass is 16.5. The quantitative estimate of drug-likeness (QED) is 0.803. The van der Waals surface area contributed by atoms with Crippen LogP contribution in [0.25, 0.3) is 0 Å². The van der Waals surface area contributed by atoms with E-state index in [1.807, 2.05) is 24.1 Å². The minimum atomic E-state index is -0.195. The smallest absolute Gasteiger partial charge is 0.0843 e. The van der Waals surface area contributed by atoms with Gasteiger partial charge in [-0.05, 0) is 19.9 Å². The summed E-state index contributed by atoms with van der Waals surface area (Å²) in [6.07, 6.45) is 4.90.